The molecule has 2 aromatic carbocycles. The maximum atomic E-state index is 13.5. The molecule has 0 aliphatic carbocycles. The summed E-state index contributed by atoms with van der Waals surface area (Å²) in [5.74, 6) is 0.525. The highest BCUT2D eigenvalue weighted by atomic mass is 35.5. The van der Waals surface area contributed by atoms with Crippen LogP contribution >= 0.6 is 11.6 Å². The summed E-state index contributed by atoms with van der Waals surface area (Å²) >= 11 is 6.27. The van der Waals surface area contributed by atoms with E-state index >= 15 is 0 Å². The number of benzene rings is 2. The number of hydrogen-bond donors (Lipinski definition) is 1. The molecule has 9 heteroatoms. The van der Waals surface area contributed by atoms with E-state index in [2.05, 4.69) is 4.98 Å². The lowest BCUT2D eigenvalue weighted by Crippen LogP contribution is -2.42. The molecule has 5 rings (SSSR count). The number of nitrogens with zero attached hydrogens (tertiary/aromatic N) is 5. The second-order valence-corrected chi connectivity index (χ2v) is 8.53. The van der Waals surface area contributed by atoms with Crippen molar-refractivity contribution in [3.63, 3.8) is 0 Å². The summed E-state index contributed by atoms with van der Waals surface area (Å²) < 4.78 is 4.24. The Morgan fingerprint density at radius 3 is 2.53 bits per heavy atom. The molecule has 4 aromatic rings. The predicted molar refractivity (Wildman–Crippen MR) is 124 cm³/mol. The van der Waals surface area contributed by atoms with Crippen LogP contribution < -0.4 is 16.1 Å². The van der Waals surface area contributed by atoms with Gasteiger partial charge in [0, 0.05) is 17.8 Å². The van der Waals surface area contributed by atoms with Crippen molar-refractivity contribution in [3.05, 3.63) is 85.5 Å². The molecular weight excluding hydrogens is 430 g/mol. The van der Waals surface area contributed by atoms with E-state index in [-0.39, 0.29) is 24.3 Å². The predicted octanol–water partition coefficient (Wildman–Crippen LogP) is 2.42. The first-order chi connectivity index (χ1) is 15.3. The van der Waals surface area contributed by atoms with E-state index in [1.54, 1.807) is 29.8 Å². The largest absolute Gasteiger partial charge is 0.389 e. The Morgan fingerprint density at radius 1 is 1.09 bits per heavy atom. The molecule has 1 aliphatic heterocycles. The van der Waals surface area contributed by atoms with Gasteiger partial charge in [-0.15, -0.1) is 0 Å². The fourth-order valence-corrected chi connectivity index (χ4v) is 4.38. The molecule has 1 N–H and O–H groups in total. The van der Waals surface area contributed by atoms with E-state index in [1.807, 2.05) is 42.2 Å². The van der Waals surface area contributed by atoms with Gasteiger partial charge in [0.2, 0.25) is 5.95 Å². The Labute approximate surface area is 188 Å². The van der Waals surface area contributed by atoms with Gasteiger partial charge in [0.15, 0.2) is 11.2 Å². The molecule has 1 aliphatic rings. The number of β-amino-alcohol motifs (C(OH)–C–C–N with tert-alkyl or cyclic N) is 1. The van der Waals surface area contributed by atoms with Crippen molar-refractivity contribution in [1.29, 1.82) is 0 Å². The topological polar surface area (TPSA) is 85.3 Å². The highest BCUT2D eigenvalue weighted by Gasteiger charge is 2.30. The number of hydrogen-bond acceptors (Lipinski definition) is 5. The van der Waals surface area contributed by atoms with Crippen molar-refractivity contribution < 1.29 is 5.11 Å². The van der Waals surface area contributed by atoms with Crippen molar-refractivity contribution >= 4 is 34.4 Å². The van der Waals surface area contributed by atoms with E-state index in [9.17, 15) is 14.7 Å². The molecule has 0 unspecified atom stereocenters. The van der Waals surface area contributed by atoms with Crippen molar-refractivity contribution in [2.45, 2.75) is 26.1 Å². The highest BCUT2D eigenvalue weighted by molar-refractivity contribution is 6.31. The first-order valence-corrected chi connectivity index (χ1v) is 10.7. The third kappa shape index (κ3) is 3.23. The highest BCUT2D eigenvalue weighted by Crippen LogP contribution is 2.31. The molecule has 0 bridgehead atoms. The van der Waals surface area contributed by atoms with Crippen molar-refractivity contribution in [3.8, 4) is 0 Å². The minimum atomic E-state index is -0.699. The summed E-state index contributed by atoms with van der Waals surface area (Å²) in [6.45, 7) is 2.61. The maximum absolute atomic E-state index is 13.5. The van der Waals surface area contributed by atoms with E-state index < -0.39 is 17.4 Å². The maximum Gasteiger partial charge on any atom is 0.332 e. The quantitative estimate of drug-likeness (QED) is 0.517. The number of imidazole rings is 1. The molecule has 0 fully saturated rings. The van der Waals surface area contributed by atoms with Crippen LogP contribution in [0.15, 0.2) is 58.1 Å². The van der Waals surface area contributed by atoms with Crippen LogP contribution in [-0.2, 0) is 20.1 Å². The van der Waals surface area contributed by atoms with Crippen LogP contribution in [0.2, 0.25) is 5.02 Å². The summed E-state index contributed by atoms with van der Waals surface area (Å²) in [7, 11) is 1.60. The van der Waals surface area contributed by atoms with Crippen LogP contribution in [0.4, 0.5) is 11.6 Å². The molecule has 8 nitrogen and oxygen atoms in total. The molecule has 0 saturated carbocycles. The fourth-order valence-electron chi connectivity index (χ4n) is 4.18. The summed E-state index contributed by atoms with van der Waals surface area (Å²) in [6.07, 6.45) is -0.699. The van der Waals surface area contributed by atoms with Crippen LogP contribution in [0, 0.1) is 6.92 Å². The van der Waals surface area contributed by atoms with Gasteiger partial charge in [-0.2, -0.15) is 4.98 Å². The Morgan fingerprint density at radius 2 is 1.81 bits per heavy atom. The number of fused-ring (bicyclic) bond motifs is 3. The van der Waals surface area contributed by atoms with Gasteiger partial charge in [0.25, 0.3) is 5.56 Å². The van der Waals surface area contributed by atoms with Gasteiger partial charge in [0.1, 0.15) is 0 Å². The fraction of sp³-hybridized carbons (Fsp3) is 0.261. The Balaban J connectivity index is 1.73. The van der Waals surface area contributed by atoms with Crippen molar-refractivity contribution in [1.82, 2.24) is 18.7 Å². The van der Waals surface area contributed by atoms with Crippen molar-refractivity contribution in [2.75, 3.05) is 11.4 Å². The van der Waals surface area contributed by atoms with Gasteiger partial charge in [-0.05, 0) is 30.7 Å². The normalized spacial score (nSPS) is 15.9. The van der Waals surface area contributed by atoms with Gasteiger partial charge >= 0.3 is 5.69 Å². The first-order valence-electron chi connectivity index (χ1n) is 10.3. The monoisotopic (exact) mass is 451 g/mol. The molecule has 1 atom stereocenters. The Kier molecular flexibility index (Phi) is 4.91. The number of halogens is 1. The van der Waals surface area contributed by atoms with E-state index in [0.29, 0.717) is 23.1 Å². The molecule has 0 spiro atoms. The molecular formula is C23H22ClN5O3. The summed E-state index contributed by atoms with van der Waals surface area (Å²) in [6, 6.07) is 15.0. The molecule has 164 valence electrons. The zero-order valence-electron chi connectivity index (χ0n) is 17.7. The Hall–Kier alpha value is -3.36. The molecule has 0 saturated heterocycles. The SMILES string of the molecule is Cc1ccc(N2C[C@H](O)Cn3c2nc2c3c(=O)n(Cc3ccccc3Cl)c(=O)n2C)cc1. The number of rotatable bonds is 3. The minimum absolute atomic E-state index is 0.0475. The van der Waals surface area contributed by atoms with Crippen LogP contribution in [0.5, 0.6) is 0 Å². The standard InChI is InChI=1S/C23H22ClN5O3/c1-14-7-9-16(10-8-14)27-12-17(30)13-28-19-20(25-22(27)28)26(2)23(32)29(21(19)31)11-15-5-3-4-6-18(15)24/h3-10,17,30H,11-13H2,1-2H3/t17-/m0/s1. The molecule has 0 amide bonds. The van der Waals surface area contributed by atoms with Gasteiger partial charge in [-0.1, -0.05) is 47.5 Å². The molecule has 32 heavy (non-hydrogen) atoms. The zero-order chi connectivity index (χ0) is 22.6. The molecule has 0 radical (unpaired) electrons. The number of aryl methyl sites for hydroxylation is 2. The number of anilines is 2. The Bertz CT molecular complexity index is 1450. The smallest absolute Gasteiger partial charge is 0.332 e. The van der Waals surface area contributed by atoms with E-state index in [1.165, 1.54) is 4.57 Å². The number of aliphatic hydroxyl groups excluding tert-OH is 1. The van der Waals surface area contributed by atoms with Crippen LogP contribution in [0.1, 0.15) is 11.1 Å². The van der Waals surface area contributed by atoms with Gasteiger partial charge < -0.3 is 14.6 Å². The zero-order valence-corrected chi connectivity index (χ0v) is 18.5. The number of aromatic nitrogens is 4. The minimum Gasteiger partial charge on any atom is -0.389 e. The number of aliphatic hydroxyl groups is 1. The third-order valence-corrected chi connectivity index (χ3v) is 6.24. The molecule has 2 aromatic heterocycles. The second-order valence-electron chi connectivity index (χ2n) is 8.12. The van der Waals surface area contributed by atoms with Gasteiger partial charge in [-0.3, -0.25) is 13.9 Å². The average Bonchev–Trinajstić information content (AvgIpc) is 3.16. The lowest BCUT2D eigenvalue weighted by atomic mass is 10.2. The average molecular weight is 452 g/mol. The van der Waals surface area contributed by atoms with E-state index in [4.69, 9.17) is 11.6 Å². The lowest BCUT2D eigenvalue weighted by Gasteiger charge is -2.32. The first kappa shape index (κ1) is 20.5. The van der Waals surface area contributed by atoms with Gasteiger partial charge in [-0.25, -0.2) is 4.79 Å². The third-order valence-electron chi connectivity index (χ3n) is 5.87. The second kappa shape index (κ2) is 7.65. The van der Waals surface area contributed by atoms with E-state index in [0.717, 1.165) is 15.8 Å². The summed E-state index contributed by atoms with van der Waals surface area (Å²) in [5, 5.41) is 11.1. The summed E-state index contributed by atoms with van der Waals surface area (Å²) in [5.41, 5.74) is 2.28. The summed E-state index contributed by atoms with van der Waals surface area (Å²) in [4.78, 5) is 33.1. The van der Waals surface area contributed by atoms with Gasteiger partial charge in [0.05, 0.1) is 25.7 Å². The van der Waals surface area contributed by atoms with Crippen LogP contribution in [-0.4, -0.2) is 36.4 Å². The van der Waals surface area contributed by atoms with Crippen LogP contribution in [0.3, 0.4) is 0 Å². The van der Waals surface area contributed by atoms with Crippen molar-refractivity contribution in [2.24, 2.45) is 7.05 Å². The molecule has 3 heterocycles. The van der Waals surface area contributed by atoms with Crippen LogP contribution in [0.25, 0.3) is 11.2 Å². The lowest BCUT2D eigenvalue weighted by molar-refractivity contribution is 0.154.